The molecule has 0 atom stereocenters. The van der Waals surface area contributed by atoms with Gasteiger partial charge in [0.2, 0.25) is 0 Å². The molecule has 0 saturated carbocycles. The molecule has 8 heteroatoms. The molecule has 0 saturated heterocycles. The number of carbonyl (C=O) groups is 1. The summed E-state index contributed by atoms with van der Waals surface area (Å²) in [4.78, 5) is 22.0. The van der Waals surface area contributed by atoms with Gasteiger partial charge in [-0.15, -0.1) is 11.3 Å². The van der Waals surface area contributed by atoms with Crippen LogP contribution in [-0.2, 0) is 4.79 Å². The number of nitro groups is 1. The van der Waals surface area contributed by atoms with Crippen LogP contribution < -0.4 is 0 Å². The lowest BCUT2D eigenvalue weighted by molar-refractivity contribution is -0.384. The van der Waals surface area contributed by atoms with Crippen LogP contribution in [0.15, 0.2) is 30.3 Å². The van der Waals surface area contributed by atoms with Gasteiger partial charge in [0.1, 0.15) is 5.02 Å². The Morgan fingerprint density at radius 2 is 2.00 bits per heavy atom. The average molecular weight is 344 g/mol. The zero-order chi connectivity index (χ0) is 15.6. The van der Waals surface area contributed by atoms with Crippen molar-refractivity contribution in [1.29, 1.82) is 0 Å². The zero-order valence-electron chi connectivity index (χ0n) is 10.2. The van der Waals surface area contributed by atoms with Crippen LogP contribution in [0.4, 0.5) is 5.69 Å². The molecule has 0 aliphatic rings. The molecule has 1 N–H and O–H groups in total. The second kappa shape index (κ2) is 6.26. The molecular formula is C13H7Cl2NO4S. The van der Waals surface area contributed by atoms with E-state index in [0.29, 0.717) is 14.8 Å². The SMILES string of the molecule is O=C(O)/C(=C\c1ccc(Cl)c([N+](=O)[O-])c1)c1ccc(Cl)s1. The molecular weight excluding hydrogens is 337 g/mol. The van der Waals surface area contributed by atoms with Crippen molar-refractivity contribution in [3.8, 4) is 0 Å². The minimum absolute atomic E-state index is 0.00326. The van der Waals surface area contributed by atoms with Crippen molar-refractivity contribution in [3.63, 3.8) is 0 Å². The molecule has 21 heavy (non-hydrogen) atoms. The fourth-order valence-electron chi connectivity index (χ4n) is 1.62. The van der Waals surface area contributed by atoms with Gasteiger partial charge in [0.25, 0.3) is 5.69 Å². The molecule has 0 aliphatic carbocycles. The molecule has 2 aromatic rings. The van der Waals surface area contributed by atoms with Crippen LogP contribution in [0, 0.1) is 10.1 Å². The zero-order valence-corrected chi connectivity index (χ0v) is 12.6. The molecule has 108 valence electrons. The Labute approximate surface area is 133 Å². The second-order valence-corrected chi connectivity index (χ2v) is 6.06. The van der Waals surface area contributed by atoms with Crippen molar-refractivity contribution in [3.05, 3.63) is 60.2 Å². The van der Waals surface area contributed by atoms with Crippen molar-refractivity contribution in [2.75, 3.05) is 0 Å². The van der Waals surface area contributed by atoms with Gasteiger partial charge in [-0.2, -0.15) is 0 Å². The van der Waals surface area contributed by atoms with Gasteiger partial charge in [0.15, 0.2) is 0 Å². The number of carboxylic acids is 1. The van der Waals surface area contributed by atoms with Gasteiger partial charge in [-0.25, -0.2) is 4.79 Å². The average Bonchev–Trinajstić information content (AvgIpc) is 2.83. The lowest BCUT2D eigenvalue weighted by Crippen LogP contribution is -1.98. The molecule has 0 aliphatic heterocycles. The van der Waals surface area contributed by atoms with Crippen molar-refractivity contribution in [2.45, 2.75) is 0 Å². The first-order valence-corrected chi connectivity index (χ1v) is 7.10. The lowest BCUT2D eigenvalue weighted by Gasteiger charge is -2.01. The van der Waals surface area contributed by atoms with Crippen LogP contribution in [0.25, 0.3) is 11.6 Å². The second-order valence-electron chi connectivity index (χ2n) is 3.93. The molecule has 0 radical (unpaired) electrons. The summed E-state index contributed by atoms with van der Waals surface area (Å²) < 4.78 is 0.458. The number of thiophene rings is 1. The summed E-state index contributed by atoms with van der Waals surface area (Å²) in [5, 5.41) is 20.1. The van der Waals surface area contributed by atoms with E-state index in [0.717, 1.165) is 11.3 Å². The first-order valence-electron chi connectivity index (χ1n) is 5.53. The molecule has 0 unspecified atom stereocenters. The van der Waals surface area contributed by atoms with Crippen molar-refractivity contribution >= 4 is 57.8 Å². The molecule has 2 rings (SSSR count). The largest absolute Gasteiger partial charge is 0.478 e. The number of hydrogen-bond acceptors (Lipinski definition) is 4. The van der Waals surface area contributed by atoms with Gasteiger partial charge in [-0.3, -0.25) is 10.1 Å². The number of aliphatic carboxylic acids is 1. The number of benzene rings is 1. The monoisotopic (exact) mass is 343 g/mol. The van der Waals surface area contributed by atoms with Gasteiger partial charge in [-0.05, 0) is 29.8 Å². The van der Waals surface area contributed by atoms with Crippen molar-refractivity contribution < 1.29 is 14.8 Å². The molecule has 0 spiro atoms. The maximum atomic E-state index is 11.3. The molecule has 0 amide bonds. The highest BCUT2D eigenvalue weighted by Crippen LogP contribution is 2.31. The highest BCUT2D eigenvalue weighted by Gasteiger charge is 2.16. The standard InChI is InChI=1S/C13H7Cl2NO4S/c14-9-2-1-7(6-10(9)16(19)20)5-8(13(17)18)11-3-4-12(15)21-11/h1-6H,(H,17,18)/b8-5-. The quantitative estimate of drug-likeness (QED) is 0.500. The van der Waals surface area contributed by atoms with E-state index >= 15 is 0 Å². The van der Waals surface area contributed by atoms with E-state index in [1.54, 1.807) is 12.1 Å². The molecule has 5 nitrogen and oxygen atoms in total. The van der Waals surface area contributed by atoms with Crippen LogP contribution in [0.2, 0.25) is 9.36 Å². The number of halogens is 2. The van der Waals surface area contributed by atoms with E-state index in [-0.39, 0.29) is 16.3 Å². The van der Waals surface area contributed by atoms with Crippen LogP contribution in [0.1, 0.15) is 10.4 Å². The summed E-state index contributed by atoms with van der Waals surface area (Å²) in [5.41, 5.74) is 0.0934. The van der Waals surface area contributed by atoms with Gasteiger partial charge >= 0.3 is 5.97 Å². The Balaban J connectivity index is 2.51. The Hall–Kier alpha value is -1.89. The fraction of sp³-hybridized carbons (Fsp3) is 0. The summed E-state index contributed by atoms with van der Waals surface area (Å²) in [5.74, 6) is -1.15. The minimum Gasteiger partial charge on any atom is -0.478 e. The normalized spacial score (nSPS) is 11.4. The van der Waals surface area contributed by atoms with E-state index in [4.69, 9.17) is 23.2 Å². The first kappa shape index (κ1) is 15.5. The Morgan fingerprint density at radius 1 is 1.29 bits per heavy atom. The smallest absolute Gasteiger partial charge is 0.337 e. The molecule has 0 bridgehead atoms. The van der Waals surface area contributed by atoms with Gasteiger partial charge in [-0.1, -0.05) is 29.3 Å². The van der Waals surface area contributed by atoms with Crippen LogP contribution >= 0.6 is 34.5 Å². The third-order valence-electron chi connectivity index (χ3n) is 2.55. The highest BCUT2D eigenvalue weighted by atomic mass is 35.5. The number of carboxylic acid groups (broad SMARTS) is 1. The summed E-state index contributed by atoms with van der Waals surface area (Å²) in [6.45, 7) is 0. The summed E-state index contributed by atoms with van der Waals surface area (Å²) >= 11 is 12.6. The molecule has 1 aromatic heterocycles. The molecule has 0 fully saturated rings. The van der Waals surface area contributed by atoms with Crippen LogP contribution in [0.3, 0.4) is 0 Å². The summed E-state index contributed by atoms with van der Waals surface area (Å²) in [6.07, 6.45) is 1.34. The van der Waals surface area contributed by atoms with Crippen molar-refractivity contribution in [1.82, 2.24) is 0 Å². The maximum Gasteiger partial charge on any atom is 0.337 e. The minimum atomic E-state index is -1.15. The van der Waals surface area contributed by atoms with Gasteiger partial charge in [0.05, 0.1) is 14.8 Å². The van der Waals surface area contributed by atoms with E-state index < -0.39 is 10.9 Å². The summed E-state index contributed by atoms with van der Waals surface area (Å²) in [6, 6.07) is 7.25. The van der Waals surface area contributed by atoms with Crippen LogP contribution in [0.5, 0.6) is 0 Å². The number of rotatable bonds is 4. The number of nitro benzene ring substituents is 1. The van der Waals surface area contributed by atoms with E-state index in [1.807, 2.05) is 0 Å². The Morgan fingerprint density at radius 3 is 2.52 bits per heavy atom. The fourth-order valence-corrected chi connectivity index (χ4v) is 2.86. The number of nitrogens with zero attached hydrogens (tertiary/aromatic N) is 1. The summed E-state index contributed by atoms with van der Waals surface area (Å²) in [7, 11) is 0. The Bertz CT molecular complexity index is 754. The lowest BCUT2D eigenvalue weighted by atomic mass is 10.1. The van der Waals surface area contributed by atoms with E-state index in [1.165, 1.54) is 24.3 Å². The van der Waals surface area contributed by atoms with E-state index in [9.17, 15) is 20.0 Å². The van der Waals surface area contributed by atoms with E-state index in [2.05, 4.69) is 0 Å². The number of hydrogen-bond donors (Lipinski definition) is 1. The highest BCUT2D eigenvalue weighted by molar-refractivity contribution is 7.17. The maximum absolute atomic E-state index is 11.3. The molecule has 1 aromatic carbocycles. The molecule has 1 heterocycles. The topological polar surface area (TPSA) is 80.4 Å². The third-order valence-corrected chi connectivity index (χ3v) is 4.13. The predicted octanol–water partition coefficient (Wildman–Crippen LogP) is 4.59. The van der Waals surface area contributed by atoms with Crippen molar-refractivity contribution in [2.24, 2.45) is 0 Å². The Kier molecular flexibility index (Phi) is 4.62. The first-order chi connectivity index (χ1) is 9.88. The van der Waals surface area contributed by atoms with Crippen LogP contribution in [-0.4, -0.2) is 16.0 Å². The van der Waals surface area contributed by atoms with Gasteiger partial charge < -0.3 is 5.11 Å². The predicted molar refractivity (Wildman–Crippen MR) is 82.9 cm³/mol. The third kappa shape index (κ3) is 3.60. The van der Waals surface area contributed by atoms with Gasteiger partial charge in [0, 0.05) is 10.9 Å².